The summed E-state index contributed by atoms with van der Waals surface area (Å²) in [7, 11) is 0. The van der Waals surface area contributed by atoms with E-state index < -0.39 is 5.82 Å². The van der Waals surface area contributed by atoms with Gasteiger partial charge in [0, 0.05) is 11.4 Å². The number of anilines is 1. The third-order valence-corrected chi connectivity index (χ3v) is 3.35. The lowest BCUT2D eigenvalue weighted by molar-refractivity contribution is -0.115. The average Bonchev–Trinajstić information content (AvgIpc) is 2.78. The number of rotatable bonds is 5. The van der Waals surface area contributed by atoms with E-state index in [1.807, 2.05) is 12.3 Å². The molecule has 0 spiro atoms. The fourth-order valence-corrected chi connectivity index (χ4v) is 2.34. The average molecular weight is 294 g/mol. The van der Waals surface area contributed by atoms with E-state index in [0.717, 1.165) is 10.7 Å². The number of amides is 1. The summed E-state index contributed by atoms with van der Waals surface area (Å²) < 4.78 is 18.5. The summed E-state index contributed by atoms with van der Waals surface area (Å²) >= 11 is 1.50. The second-order valence-corrected chi connectivity index (χ2v) is 5.22. The first-order valence-corrected chi connectivity index (χ1v) is 7.09. The Morgan fingerprint density at radius 3 is 2.95 bits per heavy atom. The van der Waals surface area contributed by atoms with Crippen LogP contribution in [0.3, 0.4) is 0 Å². The van der Waals surface area contributed by atoms with Crippen LogP contribution in [-0.4, -0.2) is 17.5 Å². The van der Waals surface area contributed by atoms with E-state index in [9.17, 15) is 9.18 Å². The predicted molar refractivity (Wildman–Crippen MR) is 76.8 cm³/mol. The van der Waals surface area contributed by atoms with Crippen molar-refractivity contribution in [2.45, 2.75) is 20.3 Å². The Bertz CT molecular complexity index is 613. The summed E-state index contributed by atoms with van der Waals surface area (Å²) in [4.78, 5) is 16.2. The summed E-state index contributed by atoms with van der Waals surface area (Å²) in [5, 5.41) is 5.49. The van der Waals surface area contributed by atoms with Gasteiger partial charge in [-0.3, -0.25) is 4.79 Å². The predicted octanol–water partition coefficient (Wildman–Crippen LogP) is 3.17. The number of benzene rings is 1. The van der Waals surface area contributed by atoms with E-state index in [1.165, 1.54) is 29.5 Å². The number of carbonyl (C=O) groups is 1. The molecule has 0 bridgehead atoms. The number of hydrogen-bond donors (Lipinski definition) is 1. The van der Waals surface area contributed by atoms with Gasteiger partial charge in [0.05, 0.1) is 29.4 Å². The second kappa shape index (κ2) is 6.47. The molecule has 0 saturated carbocycles. The zero-order chi connectivity index (χ0) is 14.5. The van der Waals surface area contributed by atoms with Gasteiger partial charge in [-0.05, 0) is 26.0 Å². The highest BCUT2D eigenvalue weighted by Gasteiger charge is 2.11. The minimum Gasteiger partial charge on any atom is -0.492 e. The first-order valence-electron chi connectivity index (χ1n) is 6.21. The van der Waals surface area contributed by atoms with Crippen molar-refractivity contribution in [2.75, 3.05) is 11.9 Å². The maximum atomic E-state index is 13.2. The highest BCUT2D eigenvalue weighted by molar-refractivity contribution is 7.09. The van der Waals surface area contributed by atoms with Crippen molar-refractivity contribution in [3.8, 4) is 5.75 Å². The normalized spacial score (nSPS) is 10.3. The zero-order valence-corrected chi connectivity index (χ0v) is 12.1. The number of aryl methyl sites for hydroxylation is 1. The number of nitrogens with one attached hydrogen (secondary N) is 1. The van der Waals surface area contributed by atoms with Crippen LogP contribution >= 0.6 is 11.3 Å². The topological polar surface area (TPSA) is 51.2 Å². The monoisotopic (exact) mass is 294 g/mol. The second-order valence-electron chi connectivity index (χ2n) is 4.16. The first-order chi connectivity index (χ1) is 9.58. The highest BCUT2D eigenvalue weighted by atomic mass is 32.1. The molecular formula is C14H15FN2O2S. The maximum Gasteiger partial charge on any atom is 0.230 e. The molecule has 6 heteroatoms. The van der Waals surface area contributed by atoms with Gasteiger partial charge in [0.1, 0.15) is 11.6 Å². The minimum absolute atomic E-state index is 0.188. The van der Waals surface area contributed by atoms with Crippen molar-refractivity contribution in [1.82, 2.24) is 4.98 Å². The first kappa shape index (κ1) is 14.5. The van der Waals surface area contributed by atoms with E-state index in [1.54, 1.807) is 6.92 Å². The number of ether oxygens (including phenoxy) is 1. The summed E-state index contributed by atoms with van der Waals surface area (Å²) in [6.07, 6.45) is 0.188. The van der Waals surface area contributed by atoms with Crippen molar-refractivity contribution < 1.29 is 13.9 Å². The van der Waals surface area contributed by atoms with Crippen LogP contribution in [0, 0.1) is 12.7 Å². The van der Waals surface area contributed by atoms with Gasteiger partial charge in [-0.2, -0.15) is 0 Å². The van der Waals surface area contributed by atoms with Crippen molar-refractivity contribution >= 4 is 22.9 Å². The molecule has 0 aliphatic heterocycles. The third kappa shape index (κ3) is 3.77. The number of hydrogen-bond acceptors (Lipinski definition) is 4. The zero-order valence-electron chi connectivity index (χ0n) is 11.3. The molecule has 1 N–H and O–H groups in total. The lowest BCUT2D eigenvalue weighted by Gasteiger charge is -2.11. The molecule has 0 saturated heterocycles. The molecule has 1 aromatic heterocycles. The van der Waals surface area contributed by atoms with Crippen LogP contribution in [0.25, 0.3) is 0 Å². The van der Waals surface area contributed by atoms with E-state index in [-0.39, 0.29) is 12.3 Å². The van der Waals surface area contributed by atoms with Crippen molar-refractivity contribution in [1.29, 1.82) is 0 Å². The Kier molecular flexibility index (Phi) is 4.68. The van der Waals surface area contributed by atoms with Gasteiger partial charge in [-0.25, -0.2) is 9.37 Å². The molecular weight excluding hydrogens is 279 g/mol. The molecule has 2 rings (SSSR count). The fraction of sp³-hybridized carbons (Fsp3) is 0.286. The Balaban J connectivity index is 2.07. The molecule has 1 amide bonds. The van der Waals surface area contributed by atoms with Crippen LogP contribution in [0.1, 0.15) is 17.6 Å². The van der Waals surface area contributed by atoms with Gasteiger partial charge >= 0.3 is 0 Å². The summed E-state index contributed by atoms with van der Waals surface area (Å²) in [5.74, 6) is -0.278. The Hall–Kier alpha value is -1.95. The molecule has 0 fully saturated rings. The molecule has 0 radical (unpaired) electrons. The van der Waals surface area contributed by atoms with E-state index >= 15 is 0 Å². The molecule has 20 heavy (non-hydrogen) atoms. The summed E-state index contributed by atoms with van der Waals surface area (Å²) in [5.41, 5.74) is 1.19. The quantitative estimate of drug-likeness (QED) is 0.921. The number of aromatic nitrogens is 1. The van der Waals surface area contributed by atoms with Gasteiger partial charge in [-0.15, -0.1) is 11.3 Å². The lowest BCUT2D eigenvalue weighted by Crippen LogP contribution is -2.15. The molecule has 0 aliphatic rings. The van der Waals surface area contributed by atoms with Crippen LogP contribution in [0.2, 0.25) is 0 Å². The summed E-state index contributed by atoms with van der Waals surface area (Å²) in [6.45, 7) is 4.09. The molecule has 0 unspecified atom stereocenters. The van der Waals surface area contributed by atoms with E-state index in [2.05, 4.69) is 10.3 Å². The third-order valence-electron chi connectivity index (χ3n) is 2.53. The van der Waals surface area contributed by atoms with Crippen molar-refractivity contribution in [2.24, 2.45) is 0 Å². The molecule has 0 atom stereocenters. The van der Waals surface area contributed by atoms with Gasteiger partial charge in [-0.1, -0.05) is 0 Å². The Morgan fingerprint density at radius 2 is 2.30 bits per heavy atom. The van der Waals surface area contributed by atoms with Crippen LogP contribution < -0.4 is 10.1 Å². The Morgan fingerprint density at radius 1 is 1.50 bits per heavy atom. The number of thiazole rings is 1. The molecule has 0 aliphatic carbocycles. The molecule has 2 aromatic rings. The SMILES string of the molecule is CCOc1cc(F)ccc1NC(=O)Cc1csc(C)n1. The van der Waals surface area contributed by atoms with Gasteiger partial charge < -0.3 is 10.1 Å². The number of nitrogens with zero attached hydrogens (tertiary/aromatic N) is 1. The van der Waals surface area contributed by atoms with E-state index in [0.29, 0.717) is 18.0 Å². The van der Waals surface area contributed by atoms with Crippen LogP contribution in [-0.2, 0) is 11.2 Å². The minimum atomic E-state index is -0.401. The van der Waals surface area contributed by atoms with Crippen LogP contribution in [0.15, 0.2) is 23.6 Å². The molecule has 4 nitrogen and oxygen atoms in total. The number of halogens is 1. The van der Waals surface area contributed by atoms with Crippen LogP contribution in [0.4, 0.5) is 10.1 Å². The standard InChI is InChI=1S/C14H15FN2O2S/c1-3-19-13-6-10(15)4-5-12(13)17-14(18)7-11-8-20-9(2)16-11/h4-6,8H,3,7H2,1-2H3,(H,17,18). The molecule has 1 heterocycles. The summed E-state index contributed by atoms with van der Waals surface area (Å²) in [6, 6.07) is 4.03. The van der Waals surface area contributed by atoms with Crippen molar-refractivity contribution in [3.05, 3.63) is 40.1 Å². The smallest absolute Gasteiger partial charge is 0.230 e. The largest absolute Gasteiger partial charge is 0.492 e. The number of carbonyl (C=O) groups excluding carboxylic acids is 1. The Labute approximate surface area is 120 Å². The van der Waals surface area contributed by atoms with E-state index in [4.69, 9.17) is 4.74 Å². The maximum absolute atomic E-state index is 13.2. The lowest BCUT2D eigenvalue weighted by atomic mass is 10.2. The van der Waals surface area contributed by atoms with Gasteiger partial charge in [0.15, 0.2) is 0 Å². The molecule has 1 aromatic carbocycles. The fourth-order valence-electron chi connectivity index (χ4n) is 1.72. The molecule has 106 valence electrons. The van der Waals surface area contributed by atoms with Gasteiger partial charge in [0.2, 0.25) is 5.91 Å². The highest BCUT2D eigenvalue weighted by Crippen LogP contribution is 2.25. The van der Waals surface area contributed by atoms with Crippen LogP contribution in [0.5, 0.6) is 5.75 Å². The van der Waals surface area contributed by atoms with Crippen molar-refractivity contribution in [3.63, 3.8) is 0 Å². The van der Waals surface area contributed by atoms with Gasteiger partial charge in [0.25, 0.3) is 0 Å².